The van der Waals surface area contributed by atoms with Gasteiger partial charge in [-0.2, -0.15) is 0 Å². The molecule has 1 aliphatic rings. The van der Waals surface area contributed by atoms with Crippen LogP contribution in [0.3, 0.4) is 0 Å². The molecule has 1 saturated carbocycles. The molecule has 0 unspecified atom stereocenters. The summed E-state index contributed by atoms with van der Waals surface area (Å²) in [6.07, 6.45) is 5.29. The number of methoxy groups -OCH3 is 1. The summed E-state index contributed by atoms with van der Waals surface area (Å²) in [6, 6.07) is 8.62. The molecule has 0 bridgehead atoms. The van der Waals surface area contributed by atoms with Gasteiger partial charge in [-0.3, -0.25) is 0 Å². The predicted octanol–water partition coefficient (Wildman–Crippen LogP) is 2.85. The lowest BCUT2D eigenvalue weighted by Gasteiger charge is -2.32. The standard InChI is InChI=1S/C18H29NO2/c1-14-6-4-7-18(15(14)2)19-12-5-13-21-17-10-8-16(20-3)9-11-17/h8-11,14-15,18-19H,4-7,12-13H2,1-3H3/p+1/t14-,15+,18-/m0/s1. The fourth-order valence-electron chi connectivity index (χ4n) is 3.23. The van der Waals surface area contributed by atoms with Gasteiger partial charge in [-0.15, -0.1) is 0 Å². The van der Waals surface area contributed by atoms with Crippen LogP contribution in [0, 0.1) is 11.8 Å². The van der Waals surface area contributed by atoms with Gasteiger partial charge in [-0.25, -0.2) is 0 Å². The molecule has 0 saturated heterocycles. The second kappa shape index (κ2) is 8.28. The van der Waals surface area contributed by atoms with Gasteiger partial charge in [0.05, 0.1) is 26.3 Å². The van der Waals surface area contributed by atoms with E-state index in [-0.39, 0.29) is 0 Å². The van der Waals surface area contributed by atoms with Gasteiger partial charge in [-0.05, 0) is 49.4 Å². The van der Waals surface area contributed by atoms with Crippen LogP contribution in [-0.4, -0.2) is 26.3 Å². The molecule has 0 radical (unpaired) electrons. The van der Waals surface area contributed by atoms with Crippen LogP contribution in [0.2, 0.25) is 0 Å². The average molecular weight is 292 g/mol. The van der Waals surface area contributed by atoms with Crippen molar-refractivity contribution in [2.75, 3.05) is 20.3 Å². The van der Waals surface area contributed by atoms with Gasteiger partial charge in [0.1, 0.15) is 11.5 Å². The maximum atomic E-state index is 5.77. The van der Waals surface area contributed by atoms with Crippen LogP contribution in [0.1, 0.15) is 39.5 Å². The smallest absolute Gasteiger partial charge is 0.119 e. The van der Waals surface area contributed by atoms with E-state index in [2.05, 4.69) is 19.2 Å². The zero-order chi connectivity index (χ0) is 15.1. The van der Waals surface area contributed by atoms with Gasteiger partial charge in [0.25, 0.3) is 0 Å². The normalized spacial score (nSPS) is 25.6. The SMILES string of the molecule is COc1ccc(OCCC[NH2+][C@H]2CCC[C@H](C)[C@H]2C)cc1. The van der Waals surface area contributed by atoms with Gasteiger partial charge < -0.3 is 14.8 Å². The Balaban J connectivity index is 1.61. The molecule has 2 N–H and O–H groups in total. The molecular weight excluding hydrogens is 262 g/mol. The fourth-order valence-corrected chi connectivity index (χ4v) is 3.23. The highest BCUT2D eigenvalue weighted by molar-refractivity contribution is 5.31. The highest BCUT2D eigenvalue weighted by atomic mass is 16.5. The van der Waals surface area contributed by atoms with Crippen molar-refractivity contribution in [2.45, 2.75) is 45.6 Å². The van der Waals surface area contributed by atoms with Gasteiger partial charge in [0.15, 0.2) is 0 Å². The quantitative estimate of drug-likeness (QED) is 0.784. The lowest BCUT2D eigenvalue weighted by atomic mass is 9.78. The molecule has 0 aliphatic heterocycles. The minimum atomic E-state index is 0.791. The second-order valence-corrected chi connectivity index (χ2v) is 6.33. The zero-order valence-corrected chi connectivity index (χ0v) is 13.7. The minimum absolute atomic E-state index is 0.791. The third-order valence-electron chi connectivity index (χ3n) is 4.92. The summed E-state index contributed by atoms with van der Waals surface area (Å²) in [6.45, 7) is 6.77. The molecule has 118 valence electrons. The zero-order valence-electron chi connectivity index (χ0n) is 13.7. The Labute approximate surface area is 129 Å². The van der Waals surface area contributed by atoms with Crippen LogP contribution in [-0.2, 0) is 0 Å². The Hall–Kier alpha value is -1.22. The van der Waals surface area contributed by atoms with Crippen molar-refractivity contribution >= 4 is 0 Å². The van der Waals surface area contributed by atoms with Gasteiger partial charge in [0, 0.05) is 12.3 Å². The Morgan fingerprint density at radius 3 is 2.52 bits per heavy atom. The van der Waals surface area contributed by atoms with Crippen molar-refractivity contribution in [3.8, 4) is 11.5 Å². The van der Waals surface area contributed by atoms with Crippen molar-refractivity contribution < 1.29 is 14.8 Å². The highest BCUT2D eigenvalue weighted by Crippen LogP contribution is 2.27. The van der Waals surface area contributed by atoms with Crippen molar-refractivity contribution in [3.63, 3.8) is 0 Å². The predicted molar refractivity (Wildman–Crippen MR) is 85.9 cm³/mol. The first-order valence-electron chi connectivity index (χ1n) is 8.31. The maximum absolute atomic E-state index is 5.77. The van der Waals surface area contributed by atoms with Crippen LogP contribution in [0.25, 0.3) is 0 Å². The van der Waals surface area contributed by atoms with Crippen molar-refractivity contribution in [1.29, 1.82) is 0 Å². The largest absolute Gasteiger partial charge is 0.497 e. The average Bonchev–Trinajstić information content (AvgIpc) is 2.51. The number of rotatable bonds is 7. The first-order chi connectivity index (χ1) is 10.2. The summed E-state index contributed by atoms with van der Waals surface area (Å²) in [7, 11) is 1.68. The van der Waals surface area contributed by atoms with E-state index in [1.165, 1.54) is 19.3 Å². The molecule has 2 rings (SSSR count). The Bertz CT molecular complexity index is 404. The minimum Gasteiger partial charge on any atom is -0.497 e. The molecule has 3 atom stereocenters. The molecule has 1 aliphatic carbocycles. The number of ether oxygens (including phenoxy) is 2. The molecule has 1 aromatic rings. The van der Waals surface area contributed by atoms with Crippen molar-refractivity contribution in [2.24, 2.45) is 11.8 Å². The van der Waals surface area contributed by atoms with E-state index < -0.39 is 0 Å². The van der Waals surface area contributed by atoms with E-state index in [0.717, 1.165) is 48.9 Å². The van der Waals surface area contributed by atoms with Gasteiger partial charge in [-0.1, -0.05) is 13.8 Å². The Morgan fingerprint density at radius 1 is 1.10 bits per heavy atom. The summed E-state index contributed by atoms with van der Waals surface area (Å²) >= 11 is 0. The van der Waals surface area contributed by atoms with E-state index in [4.69, 9.17) is 9.47 Å². The molecule has 1 aromatic carbocycles. The monoisotopic (exact) mass is 292 g/mol. The number of benzene rings is 1. The van der Waals surface area contributed by atoms with Crippen LogP contribution in [0.15, 0.2) is 24.3 Å². The number of quaternary nitrogens is 1. The summed E-state index contributed by atoms with van der Waals surface area (Å²) in [5, 5.41) is 2.54. The number of nitrogens with two attached hydrogens (primary N) is 1. The first kappa shape index (κ1) is 16.2. The van der Waals surface area contributed by atoms with E-state index in [0.29, 0.717) is 0 Å². The molecule has 3 heteroatoms. The molecule has 0 heterocycles. The summed E-state index contributed by atoms with van der Waals surface area (Å²) in [5.74, 6) is 3.53. The fraction of sp³-hybridized carbons (Fsp3) is 0.667. The third-order valence-corrected chi connectivity index (χ3v) is 4.92. The highest BCUT2D eigenvalue weighted by Gasteiger charge is 2.29. The first-order valence-corrected chi connectivity index (χ1v) is 8.31. The summed E-state index contributed by atoms with van der Waals surface area (Å²) in [4.78, 5) is 0. The van der Waals surface area contributed by atoms with Gasteiger partial charge in [0.2, 0.25) is 0 Å². The van der Waals surface area contributed by atoms with Crippen molar-refractivity contribution in [1.82, 2.24) is 0 Å². The molecule has 0 spiro atoms. The molecule has 21 heavy (non-hydrogen) atoms. The molecule has 3 nitrogen and oxygen atoms in total. The number of hydrogen-bond donors (Lipinski definition) is 1. The number of hydrogen-bond acceptors (Lipinski definition) is 2. The van der Waals surface area contributed by atoms with Gasteiger partial charge >= 0.3 is 0 Å². The third kappa shape index (κ3) is 4.92. The Kier molecular flexibility index (Phi) is 6.37. The molecule has 0 aromatic heterocycles. The summed E-state index contributed by atoms with van der Waals surface area (Å²) < 4.78 is 10.9. The van der Waals surface area contributed by atoms with Crippen LogP contribution in [0.5, 0.6) is 11.5 Å². The van der Waals surface area contributed by atoms with Crippen LogP contribution < -0.4 is 14.8 Å². The lowest BCUT2D eigenvalue weighted by molar-refractivity contribution is -0.699. The molecule has 0 amide bonds. The van der Waals surface area contributed by atoms with E-state index in [1.54, 1.807) is 7.11 Å². The lowest BCUT2D eigenvalue weighted by Crippen LogP contribution is -2.92. The van der Waals surface area contributed by atoms with Crippen LogP contribution in [0.4, 0.5) is 0 Å². The van der Waals surface area contributed by atoms with E-state index in [9.17, 15) is 0 Å². The van der Waals surface area contributed by atoms with Crippen LogP contribution >= 0.6 is 0 Å². The molecular formula is C18H30NO2+. The summed E-state index contributed by atoms with van der Waals surface area (Å²) in [5.41, 5.74) is 0. The molecule has 1 fully saturated rings. The van der Waals surface area contributed by atoms with Crippen molar-refractivity contribution in [3.05, 3.63) is 24.3 Å². The Morgan fingerprint density at radius 2 is 1.81 bits per heavy atom. The van der Waals surface area contributed by atoms with E-state index >= 15 is 0 Å². The second-order valence-electron chi connectivity index (χ2n) is 6.33. The maximum Gasteiger partial charge on any atom is 0.119 e. The topological polar surface area (TPSA) is 35.1 Å². The van der Waals surface area contributed by atoms with E-state index in [1.807, 2.05) is 24.3 Å².